The van der Waals surface area contributed by atoms with Gasteiger partial charge in [0.2, 0.25) is 0 Å². The van der Waals surface area contributed by atoms with Crippen molar-refractivity contribution >= 4 is 32.4 Å². The van der Waals surface area contributed by atoms with Crippen molar-refractivity contribution in [3.63, 3.8) is 0 Å². The molecule has 2 aromatic carbocycles. The van der Waals surface area contributed by atoms with Crippen molar-refractivity contribution in [2.24, 2.45) is 4.99 Å². The molecule has 3 heteroatoms. The molecular weight excluding hydrogens is 316 g/mol. The average molecular weight is 333 g/mol. The van der Waals surface area contributed by atoms with Crippen LogP contribution >= 0.6 is 0 Å². The van der Waals surface area contributed by atoms with Gasteiger partial charge in [-0.2, -0.15) is 0 Å². The normalized spacial score (nSPS) is 12.0. The topological polar surface area (TPSA) is 12.4 Å². The van der Waals surface area contributed by atoms with Gasteiger partial charge in [-0.05, 0) is 0 Å². The molecule has 0 bridgehead atoms. The summed E-state index contributed by atoms with van der Waals surface area (Å²) >= 11 is 3.11. The summed E-state index contributed by atoms with van der Waals surface area (Å²) in [6.07, 6.45) is 1.71. The van der Waals surface area contributed by atoms with E-state index in [0.29, 0.717) is 5.69 Å². The number of hydrogen-bond donors (Lipinski definition) is 0. The second-order valence-corrected chi connectivity index (χ2v) is 6.54. The van der Waals surface area contributed by atoms with Crippen LogP contribution in [0.5, 0.6) is 0 Å². The zero-order valence-corrected chi connectivity index (χ0v) is 13.6. The zero-order valence-electron chi connectivity index (χ0n) is 11.9. The zero-order chi connectivity index (χ0) is 14.8. The molecule has 0 unspecified atom stereocenters. The number of halogens is 1. The Hall–Kier alpha value is -1.44. The SMILES string of the molecule is CC(C)(C)c1cccc(C=Nc2ccccc2F)c1[Se]. The van der Waals surface area contributed by atoms with Crippen LogP contribution in [0, 0.1) is 5.82 Å². The fourth-order valence-electron chi connectivity index (χ4n) is 1.94. The second kappa shape index (κ2) is 5.90. The summed E-state index contributed by atoms with van der Waals surface area (Å²) < 4.78 is 14.6. The van der Waals surface area contributed by atoms with Gasteiger partial charge >= 0.3 is 127 Å². The van der Waals surface area contributed by atoms with E-state index in [0.717, 1.165) is 10.0 Å². The summed E-state index contributed by atoms with van der Waals surface area (Å²) in [7, 11) is 0. The van der Waals surface area contributed by atoms with Gasteiger partial charge < -0.3 is 0 Å². The van der Waals surface area contributed by atoms with E-state index in [9.17, 15) is 4.39 Å². The summed E-state index contributed by atoms with van der Waals surface area (Å²) in [6, 6.07) is 12.6. The van der Waals surface area contributed by atoms with Crippen molar-refractivity contribution < 1.29 is 4.39 Å². The van der Waals surface area contributed by atoms with Crippen molar-refractivity contribution in [1.29, 1.82) is 0 Å². The molecule has 0 aliphatic carbocycles. The Morgan fingerprint density at radius 3 is 2.40 bits per heavy atom. The summed E-state index contributed by atoms with van der Waals surface area (Å²) in [5.74, 6) is -0.308. The summed E-state index contributed by atoms with van der Waals surface area (Å²) in [4.78, 5) is 4.24. The van der Waals surface area contributed by atoms with E-state index < -0.39 is 0 Å². The van der Waals surface area contributed by atoms with E-state index in [2.05, 4.69) is 47.8 Å². The molecule has 0 atom stereocenters. The van der Waals surface area contributed by atoms with E-state index in [1.807, 2.05) is 12.1 Å². The van der Waals surface area contributed by atoms with Gasteiger partial charge in [0.25, 0.3) is 0 Å². The van der Waals surface area contributed by atoms with E-state index in [1.54, 1.807) is 24.4 Å². The van der Waals surface area contributed by atoms with Crippen LogP contribution in [0.2, 0.25) is 0 Å². The second-order valence-electron chi connectivity index (χ2n) is 5.68. The number of aliphatic imine (C=N–C) groups is 1. The Morgan fingerprint density at radius 2 is 1.75 bits per heavy atom. The van der Waals surface area contributed by atoms with Crippen molar-refractivity contribution in [1.82, 2.24) is 0 Å². The molecule has 2 aromatic rings. The Labute approximate surface area is 127 Å². The predicted molar refractivity (Wildman–Crippen MR) is 84.2 cm³/mol. The molecule has 103 valence electrons. The molecule has 2 rings (SSSR count). The number of nitrogens with zero attached hydrogens (tertiary/aromatic N) is 1. The maximum atomic E-state index is 13.5. The molecule has 1 radical (unpaired) electrons. The van der Waals surface area contributed by atoms with E-state index >= 15 is 0 Å². The van der Waals surface area contributed by atoms with E-state index in [4.69, 9.17) is 0 Å². The molecule has 0 spiro atoms. The molecule has 0 heterocycles. The molecule has 0 aliphatic heterocycles. The number of benzene rings is 2. The van der Waals surface area contributed by atoms with Crippen molar-refractivity contribution in [3.05, 3.63) is 59.4 Å². The molecular formula is C17H17FNSe. The summed E-state index contributed by atoms with van der Waals surface area (Å²) in [5, 5.41) is 0. The van der Waals surface area contributed by atoms with Gasteiger partial charge in [-0.1, -0.05) is 0 Å². The average Bonchev–Trinajstić information content (AvgIpc) is 2.38. The number of para-hydroxylation sites is 1. The standard InChI is InChI=1S/C17H17FNSe/c1-17(2,3)13-8-6-7-12(16(13)20)11-19-15-10-5-4-9-14(15)18/h4-11H,1-3H3. The first-order chi connectivity index (χ1) is 9.39. The Morgan fingerprint density at radius 1 is 1.05 bits per heavy atom. The first-order valence-corrected chi connectivity index (χ1v) is 7.34. The van der Waals surface area contributed by atoms with Crippen LogP contribution in [0.4, 0.5) is 10.1 Å². The van der Waals surface area contributed by atoms with Crippen LogP contribution in [0.15, 0.2) is 47.5 Å². The Balaban J connectivity index is 2.38. The summed E-state index contributed by atoms with van der Waals surface area (Å²) in [6.45, 7) is 6.50. The van der Waals surface area contributed by atoms with Crippen LogP contribution in [-0.4, -0.2) is 22.2 Å². The molecule has 0 aromatic heterocycles. The van der Waals surface area contributed by atoms with E-state index in [-0.39, 0.29) is 11.2 Å². The fourth-order valence-corrected chi connectivity index (χ4v) is 2.98. The van der Waals surface area contributed by atoms with Gasteiger partial charge in [-0.3, -0.25) is 0 Å². The van der Waals surface area contributed by atoms with Crippen LogP contribution in [0.3, 0.4) is 0 Å². The van der Waals surface area contributed by atoms with Gasteiger partial charge in [0.15, 0.2) is 0 Å². The van der Waals surface area contributed by atoms with Gasteiger partial charge in [-0.15, -0.1) is 0 Å². The number of rotatable bonds is 2. The van der Waals surface area contributed by atoms with Gasteiger partial charge in [-0.25, -0.2) is 0 Å². The maximum absolute atomic E-state index is 13.5. The molecule has 0 amide bonds. The molecule has 1 nitrogen and oxygen atoms in total. The molecule has 0 saturated carbocycles. The monoisotopic (exact) mass is 334 g/mol. The van der Waals surface area contributed by atoms with Gasteiger partial charge in [0.1, 0.15) is 0 Å². The third-order valence-corrected chi connectivity index (χ3v) is 4.00. The molecule has 20 heavy (non-hydrogen) atoms. The van der Waals surface area contributed by atoms with Crippen molar-refractivity contribution in [3.8, 4) is 0 Å². The minimum absolute atomic E-state index is 0.0580. The number of hydrogen-bond acceptors (Lipinski definition) is 1. The van der Waals surface area contributed by atoms with Crippen LogP contribution in [0.25, 0.3) is 0 Å². The van der Waals surface area contributed by atoms with Crippen molar-refractivity contribution in [2.75, 3.05) is 0 Å². The van der Waals surface area contributed by atoms with E-state index in [1.165, 1.54) is 11.6 Å². The Bertz CT molecular complexity index is 642. The quantitative estimate of drug-likeness (QED) is 0.587. The minimum atomic E-state index is -0.308. The van der Waals surface area contributed by atoms with Crippen molar-refractivity contribution in [2.45, 2.75) is 26.2 Å². The fraction of sp³-hybridized carbons (Fsp3) is 0.235. The summed E-state index contributed by atoms with van der Waals surface area (Å²) in [5.41, 5.74) is 2.62. The van der Waals surface area contributed by atoms with Crippen LogP contribution in [0.1, 0.15) is 31.9 Å². The third kappa shape index (κ3) is 3.36. The predicted octanol–water partition coefficient (Wildman–Crippen LogP) is 3.67. The van der Waals surface area contributed by atoms with Gasteiger partial charge in [0.05, 0.1) is 0 Å². The first-order valence-electron chi connectivity index (χ1n) is 6.48. The van der Waals surface area contributed by atoms with Gasteiger partial charge in [0, 0.05) is 0 Å². The molecule has 0 aliphatic rings. The molecule has 0 N–H and O–H groups in total. The first kappa shape index (κ1) is 15.0. The molecule has 0 fully saturated rings. The van der Waals surface area contributed by atoms with Crippen LogP contribution in [-0.2, 0) is 5.41 Å². The Kier molecular flexibility index (Phi) is 4.42. The molecule has 0 saturated heterocycles. The third-order valence-electron chi connectivity index (χ3n) is 3.05. The van der Waals surface area contributed by atoms with Crippen LogP contribution < -0.4 is 4.46 Å².